The van der Waals surface area contributed by atoms with Crippen molar-refractivity contribution in [1.82, 2.24) is 4.90 Å². The quantitative estimate of drug-likeness (QED) is 0.918. The summed E-state index contributed by atoms with van der Waals surface area (Å²) < 4.78 is 6.19. The van der Waals surface area contributed by atoms with Crippen LogP contribution in [-0.4, -0.2) is 41.2 Å². The number of hydrogen-bond acceptors (Lipinski definition) is 3. The van der Waals surface area contributed by atoms with Gasteiger partial charge in [0.25, 0.3) is 0 Å². The molecule has 1 unspecified atom stereocenters. The van der Waals surface area contributed by atoms with Crippen LogP contribution in [0.3, 0.4) is 0 Å². The predicted molar refractivity (Wildman–Crippen MR) is 77.7 cm³/mol. The number of morpholine rings is 1. The van der Waals surface area contributed by atoms with Crippen LogP contribution in [0, 0.1) is 0 Å². The molecule has 1 fully saturated rings. The molecule has 110 valence electrons. The standard InChI is InChI=1S/C16H23NO3/c1-4-16(13-8-6-5-7-9-13)15(2,3)17(10-11-20-16)12-14(18)19/h5-9H,4,10-12H2,1-3H3,(H,18,19). The zero-order chi connectivity index (χ0) is 14.8. The Morgan fingerprint density at radius 2 is 2.00 bits per heavy atom. The molecule has 2 rings (SSSR count). The number of carboxylic acid groups (broad SMARTS) is 1. The molecule has 4 heteroatoms. The topological polar surface area (TPSA) is 49.8 Å². The van der Waals surface area contributed by atoms with Crippen molar-refractivity contribution in [3.63, 3.8) is 0 Å². The molecule has 1 heterocycles. The van der Waals surface area contributed by atoms with Crippen LogP contribution >= 0.6 is 0 Å². The normalized spacial score (nSPS) is 26.4. The smallest absolute Gasteiger partial charge is 0.317 e. The van der Waals surface area contributed by atoms with E-state index in [1.165, 1.54) is 0 Å². The van der Waals surface area contributed by atoms with Crippen molar-refractivity contribution in [2.24, 2.45) is 0 Å². The molecule has 1 atom stereocenters. The molecule has 1 aromatic rings. The molecule has 0 bridgehead atoms. The fraction of sp³-hybridized carbons (Fsp3) is 0.562. The summed E-state index contributed by atoms with van der Waals surface area (Å²) in [6.45, 7) is 7.49. The lowest BCUT2D eigenvalue weighted by molar-refractivity contribution is -0.197. The van der Waals surface area contributed by atoms with Crippen LogP contribution in [0.5, 0.6) is 0 Å². The molecule has 1 saturated heterocycles. The fourth-order valence-electron chi connectivity index (χ4n) is 3.36. The number of carboxylic acids is 1. The maximum absolute atomic E-state index is 11.1. The fourth-order valence-corrected chi connectivity index (χ4v) is 3.36. The van der Waals surface area contributed by atoms with E-state index in [2.05, 4.69) is 32.9 Å². The van der Waals surface area contributed by atoms with Crippen molar-refractivity contribution in [2.45, 2.75) is 38.3 Å². The predicted octanol–water partition coefficient (Wildman–Crippen LogP) is 2.49. The lowest BCUT2D eigenvalue weighted by atomic mass is 9.73. The van der Waals surface area contributed by atoms with Crippen LogP contribution in [0.2, 0.25) is 0 Å². The number of carbonyl (C=O) groups is 1. The molecule has 0 spiro atoms. The molecule has 0 aliphatic carbocycles. The van der Waals surface area contributed by atoms with Gasteiger partial charge in [0, 0.05) is 12.1 Å². The maximum Gasteiger partial charge on any atom is 0.317 e. The molecular weight excluding hydrogens is 254 g/mol. The molecule has 0 amide bonds. The van der Waals surface area contributed by atoms with Crippen molar-refractivity contribution < 1.29 is 14.6 Å². The first kappa shape index (κ1) is 15.0. The Labute approximate surface area is 120 Å². The van der Waals surface area contributed by atoms with Crippen LogP contribution < -0.4 is 0 Å². The first-order chi connectivity index (χ1) is 9.44. The van der Waals surface area contributed by atoms with Crippen molar-refractivity contribution in [1.29, 1.82) is 0 Å². The average molecular weight is 277 g/mol. The first-order valence-electron chi connectivity index (χ1n) is 7.10. The van der Waals surface area contributed by atoms with E-state index >= 15 is 0 Å². The molecule has 1 N–H and O–H groups in total. The Hall–Kier alpha value is -1.39. The van der Waals surface area contributed by atoms with Crippen molar-refractivity contribution in [2.75, 3.05) is 19.7 Å². The lowest BCUT2D eigenvalue weighted by Crippen LogP contribution is -2.65. The van der Waals surface area contributed by atoms with Gasteiger partial charge in [-0.05, 0) is 25.8 Å². The number of rotatable bonds is 4. The Kier molecular flexibility index (Phi) is 4.16. The maximum atomic E-state index is 11.1. The van der Waals surface area contributed by atoms with Crippen molar-refractivity contribution >= 4 is 5.97 Å². The van der Waals surface area contributed by atoms with Gasteiger partial charge in [-0.2, -0.15) is 0 Å². The number of nitrogens with zero attached hydrogens (tertiary/aromatic N) is 1. The monoisotopic (exact) mass is 277 g/mol. The zero-order valence-electron chi connectivity index (χ0n) is 12.4. The summed E-state index contributed by atoms with van der Waals surface area (Å²) in [5.41, 5.74) is 0.268. The van der Waals surface area contributed by atoms with E-state index in [4.69, 9.17) is 9.84 Å². The Bertz CT molecular complexity index is 472. The SMILES string of the molecule is CCC1(c2ccccc2)OCCN(CC(=O)O)C1(C)C. The molecular formula is C16H23NO3. The summed E-state index contributed by atoms with van der Waals surface area (Å²) in [4.78, 5) is 13.1. The minimum atomic E-state index is -0.793. The van der Waals surface area contributed by atoms with Gasteiger partial charge in [0.15, 0.2) is 0 Å². The summed E-state index contributed by atoms with van der Waals surface area (Å²) in [5, 5.41) is 9.13. The molecule has 1 aliphatic rings. The molecule has 0 aromatic heterocycles. The van der Waals surface area contributed by atoms with Gasteiger partial charge >= 0.3 is 5.97 Å². The first-order valence-corrected chi connectivity index (χ1v) is 7.10. The van der Waals surface area contributed by atoms with E-state index in [1.807, 2.05) is 23.1 Å². The number of benzene rings is 1. The summed E-state index contributed by atoms with van der Waals surface area (Å²) in [5.74, 6) is -0.793. The highest BCUT2D eigenvalue weighted by molar-refractivity contribution is 5.69. The Balaban J connectivity index is 2.43. The molecule has 0 radical (unpaired) electrons. The largest absolute Gasteiger partial charge is 0.480 e. The van der Waals surface area contributed by atoms with Gasteiger partial charge < -0.3 is 9.84 Å². The van der Waals surface area contributed by atoms with E-state index in [0.717, 1.165) is 12.0 Å². The van der Waals surface area contributed by atoms with Gasteiger partial charge in [0.1, 0.15) is 5.60 Å². The van der Waals surface area contributed by atoms with Crippen LogP contribution in [0.15, 0.2) is 30.3 Å². The van der Waals surface area contributed by atoms with Crippen LogP contribution in [0.1, 0.15) is 32.8 Å². The summed E-state index contributed by atoms with van der Waals surface area (Å²) >= 11 is 0. The highest BCUT2D eigenvalue weighted by Gasteiger charge is 2.52. The minimum absolute atomic E-state index is 0.0466. The summed E-state index contributed by atoms with van der Waals surface area (Å²) in [6.07, 6.45) is 0.806. The van der Waals surface area contributed by atoms with Gasteiger partial charge in [-0.15, -0.1) is 0 Å². The summed E-state index contributed by atoms with van der Waals surface area (Å²) in [7, 11) is 0. The van der Waals surface area contributed by atoms with Crippen LogP contribution in [0.25, 0.3) is 0 Å². The molecule has 4 nitrogen and oxygen atoms in total. The summed E-state index contributed by atoms with van der Waals surface area (Å²) in [6, 6.07) is 10.1. The number of aliphatic carboxylic acids is 1. The minimum Gasteiger partial charge on any atom is -0.480 e. The van der Waals surface area contributed by atoms with Crippen molar-refractivity contribution in [3.05, 3.63) is 35.9 Å². The van der Waals surface area contributed by atoms with E-state index < -0.39 is 11.6 Å². The molecule has 0 saturated carbocycles. The van der Waals surface area contributed by atoms with Gasteiger partial charge in [0.2, 0.25) is 0 Å². The third-order valence-electron chi connectivity index (χ3n) is 4.55. The molecule has 1 aliphatic heterocycles. The average Bonchev–Trinajstić information content (AvgIpc) is 2.42. The number of ether oxygens (including phenoxy) is 1. The van der Waals surface area contributed by atoms with Gasteiger partial charge in [-0.1, -0.05) is 37.3 Å². The van der Waals surface area contributed by atoms with E-state index in [0.29, 0.717) is 13.2 Å². The Morgan fingerprint density at radius 1 is 1.35 bits per heavy atom. The third-order valence-corrected chi connectivity index (χ3v) is 4.55. The number of hydrogen-bond donors (Lipinski definition) is 1. The highest BCUT2D eigenvalue weighted by atomic mass is 16.5. The van der Waals surface area contributed by atoms with Crippen LogP contribution in [-0.2, 0) is 15.1 Å². The second-order valence-corrected chi connectivity index (χ2v) is 5.77. The van der Waals surface area contributed by atoms with E-state index in [1.54, 1.807) is 0 Å². The van der Waals surface area contributed by atoms with Gasteiger partial charge in [-0.3, -0.25) is 9.69 Å². The van der Waals surface area contributed by atoms with Gasteiger partial charge in [-0.25, -0.2) is 0 Å². The molecule has 20 heavy (non-hydrogen) atoms. The highest BCUT2D eigenvalue weighted by Crippen LogP contribution is 2.45. The van der Waals surface area contributed by atoms with E-state index in [-0.39, 0.29) is 12.1 Å². The Morgan fingerprint density at radius 3 is 2.55 bits per heavy atom. The van der Waals surface area contributed by atoms with Crippen molar-refractivity contribution in [3.8, 4) is 0 Å². The second-order valence-electron chi connectivity index (χ2n) is 5.77. The van der Waals surface area contributed by atoms with Crippen LogP contribution in [0.4, 0.5) is 0 Å². The lowest BCUT2D eigenvalue weighted by Gasteiger charge is -2.55. The van der Waals surface area contributed by atoms with Gasteiger partial charge in [0.05, 0.1) is 13.2 Å². The zero-order valence-corrected chi connectivity index (χ0v) is 12.4. The second kappa shape index (κ2) is 5.54. The third kappa shape index (κ3) is 2.34. The molecule has 1 aromatic carbocycles. The van der Waals surface area contributed by atoms with E-state index in [9.17, 15) is 4.79 Å².